The van der Waals surface area contributed by atoms with Crippen LogP contribution in [0.3, 0.4) is 0 Å². The van der Waals surface area contributed by atoms with Crippen LogP contribution >= 0.6 is 0 Å². The number of aliphatic imine (C=N–C) groups is 2. The highest BCUT2D eigenvalue weighted by Crippen LogP contribution is 2.10. The largest absolute Gasteiger partial charge is 0.351 e. The minimum Gasteiger partial charge on any atom is -0.351 e. The highest BCUT2D eigenvalue weighted by Gasteiger charge is 2.10. The van der Waals surface area contributed by atoms with E-state index in [0.29, 0.717) is 11.6 Å². The van der Waals surface area contributed by atoms with Gasteiger partial charge in [0.1, 0.15) is 5.82 Å². The van der Waals surface area contributed by atoms with E-state index >= 15 is 0 Å². The molecule has 0 spiro atoms. The first kappa shape index (κ1) is 16.1. The Morgan fingerprint density at radius 1 is 1.40 bits per heavy atom. The van der Waals surface area contributed by atoms with Gasteiger partial charge in [-0.2, -0.15) is 0 Å². The van der Waals surface area contributed by atoms with E-state index in [-0.39, 0.29) is 5.82 Å². The van der Waals surface area contributed by atoms with E-state index in [0.717, 1.165) is 13.1 Å². The molecule has 0 heterocycles. The summed E-state index contributed by atoms with van der Waals surface area (Å²) in [5.41, 5.74) is 0.649. The van der Waals surface area contributed by atoms with Gasteiger partial charge in [-0.05, 0) is 45.8 Å². The predicted octanol–water partition coefficient (Wildman–Crippen LogP) is 2.14. The third-order valence-electron chi connectivity index (χ3n) is 2.83. The Balaban J connectivity index is 2.86. The molecule has 110 valence electrons. The summed E-state index contributed by atoms with van der Waals surface area (Å²) in [7, 11) is 1.77. The predicted molar refractivity (Wildman–Crippen MR) is 82.8 cm³/mol. The smallest absolute Gasteiger partial charge is 0.223 e. The van der Waals surface area contributed by atoms with Crippen molar-refractivity contribution in [1.29, 1.82) is 0 Å². The zero-order chi connectivity index (χ0) is 15.0. The monoisotopic (exact) mass is 279 g/mol. The molecule has 0 aliphatic carbocycles. The zero-order valence-corrected chi connectivity index (χ0v) is 12.2. The molecule has 0 aromatic heterocycles. The number of guanidine groups is 1. The van der Waals surface area contributed by atoms with Gasteiger partial charge in [0.2, 0.25) is 5.96 Å². The summed E-state index contributed by atoms with van der Waals surface area (Å²) in [5.74, 6) is 0.262. The summed E-state index contributed by atoms with van der Waals surface area (Å²) in [6.07, 6.45) is -0.405. The third kappa shape index (κ3) is 4.62. The van der Waals surface area contributed by atoms with Crippen LogP contribution in [-0.4, -0.2) is 44.0 Å². The third-order valence-corrected chi connectivity index (χ3v) is 2.83. The number of nitrogens with one attached hydrogen (secondary N) is 2. The van der Waals surface area contributed by atoms with Crippen molar-refractivity contribution in [2.24, 2.45) is 9.98 Å². The van der Waals surface area contributed by atoms with Crippen molar-refractivity contribution in [3.8, 4) is 0 Å². The van der Waals surface area contributed by atoms with E-state index in [4.69, 9.17) is 0 Å². The number of halogens is 1. The van der Waals surface area contributed by atoms with Gasteiger partial charge in [-0.3, -0.25) is 5.32 Å². The molecule has 0 radical (unpaired) electrons. The fourth-order valence-corrected chi connectivity index (χ4v) is 1.75. The molecule has 0 saturated carbocycles. The van der Waals surface area contributed by atoms with Crippen molar-refractivity contribution < 1.29 is 4.39 Å². The van der Waals surface area contributed by atoms with E-state index in [9.17, 15) is 4.39 Å². The highest BCUT2D eigenvalue weighted by atomic mass is 19.1. The molecule has 6 heteroatoms. The molecule has 1 unspecified atom stereocenters. The lowest BCUT2D eigenvalue weighted by atomic mass is 10.3. The Labute approximate surface area is 119 Å². The molecule has 0 aliphatic rings. The number of hydrogen-bond acceptors (Lipinski definition) is 3. The minimum absolute atomic E-state index is 0.292. The summed E-state index contributed by atoms with van der Waals surface area (Å²) in [6, 6.07) is 6.24. The first-order valence-corrected chi connectivity index (χ1v) is 6.63. The van der Waals surface area contributed by atoms with E-state index < -0.39 is 6.29 Å². The van der Waals surface area contributed by atoms with Crippen LogP contribution in [0.4, 0.5) is 10.1 Å². The maximum absolute atomic E-state index is 13.2. The molecule has 20 heavy (non-hydrogen) atoms. The summed E-state index contributed by atoms with van der Waals surface area (Å²) in [4.78, 5) is 10.4. The van der Waals surface area contributed by atoms with E-state index in [1.54, 1.807) is 19.2 Å². The van der Waals surface area contributed by atoms with Crippen LogP contribution in [0, 0.1) is 5.82 Å². The Morgan fingerprint density at radius 2 is 2.10 bits per heavy atom. The molecular weight excluding hydrogens is 257 g/mol. The van der Waals surface area contributed by atoms with E-state index in [1.807, 2.05) is 18.7 Å². The summed E-state index contributed by atoms with van der Waals surface area (Å²) in [6.45, 7) is 9.19. The van der Waals surface area contributed by atoms with Crippen LogP contribution in [0.5, 0.6) is 0 Å². The van der Waals surface area contributed by atoms with Crippen molar-refractivity contribution in [3.05, 3.63) is 30.1 Å². The minimum atomic E-state index is -0.405. The van der Waals surface area contributed by atoms with Crippen LogP contribution in [0.25, 0.3) is 0 Å². The summed E-state index contributed by atoms with van der Waals surface area (Å²) < 4.78 is 13.2. The fraction of sp³-hybridized carbons (Fsp3) is 0.429. The number of nitrogens with zero attached hydrogens (tertiary/aromatic N) is 3. The second kappa shape index (κ2) is 8.27. The molecule has 0 saturated heterocycles. The maximum atomic E-state index is 13.2. The van der Waals surface area contributed by atoms with Gasteiger partial charge in [-0.15, -0.1) is 0 Å². The number of rotatable bonds is 6. The van der Waals surface area contributed by atoms with Crippen molar-refractivity contribution in [2.75, 3.05) is 25.5 Å². The molecule has 1 rings (SSSR count). The lowest BCUT2D eigenvalue weighted by molar-refractivity contribution is 0.453. The molecule has 0 amide bonds. The molecule has 0 fully saturated rings. The van der Waals surface area contributed by atoms with Crippen molar-refractivity contribution in [1.82, 2.24) is 10.2 Å². The molecule has 0 bridgehead atoms. The van der Waals surface area contributed by atoms with Crippen molar-refractivity contribution in [3.63, 3.8) is 0 Å². The SMILES string of the molecule is C=NC(=NC(NC)Nc1cccc(F)c1)N(CC)CC. The topological polar surface area (TPSA) is 52.0 Å². The van der Waals surface area contributed by atoms with Crippen LogP contribution in [0.1, 0.15) is 13.8 Å². The Morgan fingerprint density at radius 3 is 2.60 bits per heavy atom. The maximum Gasteiger partial charge on any atom is 0.223 e. The average molecular weight is 279 g/mol. The van der Waals surface area contributed by atoms with Gasteiger partial charge in [-0.1, -0.05) is 6.07 Å². The molecular formula is C14H22FN5. The normalized spacial score (nSPS) is 12.9. The van der Waals surface area contributed by atoms with Gasteiger partial charge < -0.3 is 10.2 Å². The average Bonchev–Trinajstić information content (AvgIpc) is 2.46. The first-order valence-electron chi connectivity index (χ1n) is 6.63. The first-order chi connectivity index (χ1) is 9.64. The molecule has 2 N–H and O–H groups in total. The second-order valence-electron chi connectivity index (χ2n) is 4.11. The standard InChI is InChI=1S/C14H22FN5/c1-5-20(6-2)14(17-4)19-13(16-3)18-12-9-7-8-11(15)10-12/h7-10,13,16,18H,4-6H2,1-3H3. The highest BCUT2D eigenvalue weighted by molar-refractivity contribution is 5.84. The Hall–Kier alpha value is -1.95. The molecule has 1 aromatic rings. The lowest BCUT2D eigenvalue weighted by Crippen LogP contribution is -2.36. The van der Waals surface area contributed by atoms with E-state index in [2.05, 4.69) is 27.3 Å². The van der Waals surface area contributed by atoms with Crippen LogP contribution in [0.15, 0.2) is 34.3 Å². The number of benzene rings is 1. The second-order valence-corrected chi connectivity index (χ2v) is 4.11. The van der Waals surface area contributed by atoms with Crippen molar-refractivity contribution in [2.45, 2.75) is 20.1 Å². The van der Waals surface area contributed by atoms with Gasteiger partial charge >= 0.3 is 0 Å². The Bertz CT molecular complexity index is 457. The molecule has 5 nitrogen and oxygen atoms in total. The van der Waals surface area contributed by atoms with E-state index in [1.165, 1.54) is 12.1 Å². The van der Waals surface area contributed by atoms with Gasteiger partial charge in [0, 0.05) is 18.8 Å². The van der Waals surface area contributed by atoms with Gasteiger partial charge in [0.05, 0.1) is 0 Å². The zero-order valence-electron chi connectivity index (χ0n) is 12.2. The Kier molecular flexibility index (Phi) is 6.66. The van der Waals surface area contributed by atoms with Crippen LogP contribution < -0.4 is 10.6 Å². The quantitative estimate of drug-likeness (QED) is 0.476. The molecule has 0 aliphatic heterocycles. The number of hydrogen-bond donors (Lipinski definition) is 2. The fourth-order valence-electron chi connectivity index (χ4n) is 1.75. The van der Waals surface area contributed by atoms with Crippen LogP contribution in [-0.2, 0) is 0 Å². The molecule has 1 atom stereocenters. The van der Waals surface area contributed by atoms with Crippen molar-refractivity contribution >= 4 is 18.4 Å². The lowest BCUT2D eigenvalue weighted by Gasteiger charge is -2.22. The molecule has 1 aromatic carbocycles. The van der Waals surface area contributed by atoms with Gasteiger partial charge in [-0.25, -0.2) is 14.4 Å². The van der Waals surface area contributed by atoms with Crippen LogP contribution in [0.2, 0.25) is 0 Å². The summed E-state index contributed by atoms with van der Waals surface area (Å²) >= 11 is 0. The number of anilines is 1. The van der Waals surface area contributed by atoms with Gasteiger partial charge in [0.15, 0.2) is 6.29 Å². The summed E-state index contributed by atoms with van der Waals surface area (Å²) in [5, 5.41) is 6.09. The van der Waals surface area contributed by atoms with Gasteiger partial charge in [0.25, 0.3) is 0 Å².